The number of halogens is 1. The Hall–Kier alpha value is -3.42. The Morgan fingerprint density at radius 1 is 0.743 bits per heavy atom. The predicted octanol–water partition coefficient (Wildman–Crippen LogP) is 6.58. The largest absolute Gasteiger partial charge is 0.367 e. The first-order valence-corrected chi connectivity index (χ1v) is 14.1. The van der Waals surface area contributed by atoms with Gasteiger partial charge in [0.2, 0.25) is 0 Å². The highest BCUT2D eigenvalue weighted by atomic mass is 31.2. The molecule has 0 saturated heterocycles. The van der Waals surface area contributed by atoms with Crippen molar-refractivity contribution in [3.8, 4) is 0 Å². The molecule has 0 aromatic heterocycles. The van der Waals surface area contributed by atoms with Crippen LogP contribution in [-0.2, 0) is 11.1 Å². The van der Waals surface area contributed by atoms with Crippen molar-refractivity contribution < 1.29 is 8.96 Å². The van der Waals surface area contributed by atoms with Crippen LogP contribution in [0, 0.1) is 5.82 Å². The van der Waals surface area contributed by atoms with E-state index in [0.717, 1.165) is 52.4 Å². The number of allylic oxidation sites excluding steroid dienone is 1. The van der Waals surface area contributed by atoms with Gasteiger partial charge in [-0.25, -0.2) is 4.39 Å². The molecule has 0 N–H and O–H groups in total. The van der Waals surface area contributed by atoms with E-state index < -0.39 is 7.14 Å². The summed E-state index contributed by atoms with van der Waals surface area (Å²) >= 11 is 0. The van der Waals surface area contributed by atoms with Gasteiger partial charge < -0.3 is 9.46 Å². The van der Waals surface area contributed by atoms with Crippen LogP contribution < -0.4 is 10.6 Å². The third-order valence-corrected chi connectivity index (χ3v) is 10.1. The summed E-state index contributed by atoms with van der Waals surface area (Å²) in [5, 5.41) is 1.73. The fraction of sp³-hybridized carbons (Fsp3) is 0.161. The minimum atomic E-state index is -2.99. The lowest BCUT2D eigenvalue weighted by molar-refractivity contribution is 0.324. The number of rotatable bonds is 6. The van der Waals surface area contributed by atoms with Gasteiger partial charge in [-0.05, 0) is 41.7 Å². The van der Waals surface area contributed by atoms with Crippen molar-refractivity contribution >= 4 is 23.3 Å². The molecule has 4 heteroatoms. The first-order chi connectivity index (χ1) is 17.1. The summed E-state index contributed by atoms with van der Waals surface area (Å²) in [6.07, 6.45) is 2.71. The van der Waals surface area contributed by atoms with Gasteiger partial charge in [0, 0.05) is 40.6 Å². The lowest BCUT2D eigenvalue weighted by atomic mass is 9.89. The SMILES string of the molecule is O=P(CC1=C(c2ccc(F)cc2)c2ccccc2CN1C1CC1)(c1ccccc1)c1ccccc1. The van der Waals surface area contributed by atoms with Crippen LogP contribution in [0.5, 0.6) is 0 Å². The standard InChI is InChI=1S/C31H27FNOP/c32-25-17-15-23(16-18-25)31-29-14-8-7-9-24(29)21-33(26-19-20-26)30(31)22-35(34,27-10-3-1-4-11-27)28-12-5-2-6-13-28/h1-18,26H,19-22H2. The summed E-state index contributed by atoms with van der Waals surface area (Å²) in [4.78, 5) is 2.47. The zero-order valence-corrected chi connectivity index (χ0v) is 20.4. The Bertz CT molecular complexity index is 1380. The van der Waals surface area contributed by atoms with Crippen molar-refractivity contribution in [2.24, 2.45) is 0 Å². The molecule has 1 aliphatic heterocycles. The molecule has 1 fully saturated rings. The second kappa shape index (κ2) is 8.98. The number of benzene rings is 4. The van der Waals surface area contributed by atoms with Gasteiger partial charge in [0.1, 0.15) is 13.0 Å². The molecular formula is C31H27FNOP. The summed E-state index contributed by atoms with van der Waals surface area (Å²) in [6, 6.07) is 35.4. The van der Waals surface area contributed by atoms with Crippen molar-refractivity contribution in [1.82, 2.24) is 4.90 Å². The minimum absolute atomic E-state index is 0.252. The molecule has 35 heavy (non-hydrogen) atoms. The van der Waals surface area contributed by atoms with Crippen molar-refractivity contribution in [3.63, 3.8) is 0 Å². The number of hydrogen-bond donors (Lipinski definition) is 0. The van der Waals surface area contributed by atoms with Crippen molar-refractivity contribution in [3.05, 3.63) is 137 Å². The molecule has 2 nitrogen and oxygen atoms in total. The lowest BCUT2D eigenvalue weighted by Gasteiger charge is -2.37. The highest BCUT2D eigenvalue weighted by Crippen LogP contribution is 2.51. The average molecular weight is 480 g/mol. The quantitative estimate of drug-likeness (QED) is 0.291. The number of nitrogens with zero attached hydrogens (tertiary/aromatic N) is 1. The molecule has 2 aliphatic rings. The summed E-state index contributed by atoms with van der Waals surface area (Å²) in [5.41, 5.74) is 5.56. The Labute approximate surface area is 206 Å². The molecule has 4 aromatic rings. The molecule has 4 aromatic carbocycles. The van der Waals surface area contributed by atoms with Gasteiger partial charge in [-0.1, -0.05) is 97.1 Å². The molecule has 1 aliphatic carbocycles. The van der Waals surface area contributed by atoms with Gasteiger partial charge in [-0.3, -0.25) is 0 Å². The second-order valence-corrected chi connectivity index (χ2v) is 12.2. The van der Waals surface area contributed by atoms with Crippen LogP contribution in [0.4, 0.5) is 4.39 Å². The van der Waals surface area contributed by atoms with Crippen LogP contribution in [0.3, 0.4) is 0 Å². The van der Waals surface area contributed by atoms with E-state index in [2.05, 4.69) is 29.2 Å². The molecule has 0 radical (unpaired) electrons. The second-order valence-electron chi connectivity index (χ2n) is 9.41. The topological polar surface area (TPSA) is 20.3 Å². The molecule has 174 valence electrons. The van der Waals surface area contributed by atoms with Crippen LogP contribution in [0.15, 0.2) is 115 Å². The zero-order valence-electron chi connectivity index (χ0n) is 19.5. The zero-order chi connectivity index (χ0) is 23.8. The van der Waals surface area contributed by atoms with E-state index in [4.69, 9.17) is 0 Å². The minimum Gasteiger partial charge on any atom is -0.367 e. The third-order valence-electron chi connectivity index (χ3n) is 7.10. The molecule has 1 heterocycles. The predicted molar refractivity (Wildman–Crippen MR) is 142 cm³/mol. The Morgan fingerprint density at radius 2 is 1.31 bits per heavy atom. The summed E-state index contributed by atoms with van der Waals surface area (Å²) in [6.45, 7) is 0.810. The van der Waals surface area contributed by atoms with E-state index in [9.17, 15) is 4.39 Å². The van der Waals surface area contributed by atoms with Gasteiger partial charge in [-0.2, -0.15) is 0 Å². The molecule has 1 saturated carbocycles. The number of hydrogen-bond acceptors (Lipinski definition) is 2. The average Bonchev–Trinajstić information content (AvgIpc) is 3.75. The normalized spacial score (nSPS) is 15.7. The lowest BCUT2D eigenvalue weighted by Crippen LogP contribution is -2.33. The molecule has 0 spiro atoms. The fourth-order valence-electron chi connectivity index (χ4n) is 5.20. The van der Waals surface area contributed by atoms with E-state index in [1.165, 1.54) is 17.7 Å². The van der Waals surface area contributed by atoms with E-state index >= 15 is 4.57 Å². The fourth-order valence-corrected chi connectivity index (χ4v) is 7.94. The molecular weight excluding hydrogens is 452 g/mol. The van der Waals surface area contributed by atoms with Crippen molar-refractivity contribution in [2.45, 2.75) is 25.4 Å². The Balaban J connectivity index is 1.60. The first-order valence-electron chi connectivity index (χ1n) is 12.2. The van der Waals surface area contributed by atoms with Gasteiger partial charge in [0.15, 0.2) is 0 Å². The highest BCUT2D eigenvalue weighted by molar-refractivity contribution is 7.78. The maximum absolute atomic E-state index is 15.1. The van der Waals surface area contributed by atoms with E-state index in [-0.39, 0.29) is 5.82 Å². The van der Waals surface area contributed by atoms with Crippen LogP contribution in [0.25, 0.3) is 5.57 Å². The highest BCUT2D eigenvalue weighted by Gasteiger charge is 2.39. The van der Waals surface area contributed by atoms with Crippen LogP contribution >= 0.6 is 7.14 Å². The molecule has 0 bridgehead atoms. The third kappa shape index (κ3) is 4.15. The maximum atomic E-state index is 15.1. The monoisotopic (exact) mass is 479 g/mol. The van der Waals surface area contributed by atoms with Crippen LogP contribution in [0.2, 0.25) is 0 Å². The van der Waals surface area contributed by atoms with Crippen LogP contribution in [0.1, 0.15) is 29.5 Å². The Kier molecular flexibility index (Phi) is 5.66. The van der Waals surface area contributed by atoms with Gasteiger partial charge in [-0.15, -0.1) is 0 Å². The molecule has 0 atom stereocenters. The van der Waals surface area contributed by atoms with Gasteiger partial charge in [0.25, 0.3) is 0 Å². The molecule has 6 rings (SSSR count). The summed E-state index contributed by atoms with van der Waals surface area (Å²) in [5.74, 6) is -0.252. The van der Waals surface area contributed by atoms with Crippen molar-refractivity contribution in [1.29, 1.82) is 0 Å². The van der Waals surface area contributed by atoms with E-state index in [1.807, 2.05) is 72.8 Å². The first kappa shape index (κ1) is 22.1. The molecule has 0 amide bonds. The molecule has 0 unspecified atom stereocenters. The number of fused-ring (bicyclic) bond motifs is 1. The summed E-state index contributed by atoms with van der Waals surface area (Å²) < 4.78 is 29.0. The van der Waals surface area contributed by atoms with E-state index in [0.29, 0.717) is 12.2 Å². The Morgan fingerprint density at radius 3 is 1.91 bits per heavy atom. The smallest absolute Gasteiger partial charge is 0.148 e. The van der Waals surface area contributed by atoms with Gasteiger partial charge in [0.05, 0.1) is 0 Å². The van der Waals surface area contributed by atoms with Gasteiger partial charge >= 0.3 is 0 Å². The van der Waals surface area contributed by atoms with E-state index in [1.54, 1.807) is 0 Å². The van der Waals surface area contributed by atoms with Crippen molar-refractivity contribution in [2.75, 3.05) is 6.16 Å². The van der Waals surface area contributed by atoms with Crippen LogP contribution in [-0.4, -0.2) is 17.1 Å². The summed E-state index contributed by atoms with van der Waals surface area (Å²) in [7, 11) is -2.99. The maximum Gasteiger partial charge on any atom is 0.148 e.